The summed E-state index contributed by atoms with van der Waals surface area (Å²) in [5.41, 5.74) is 0.585. The average molecular weight is 327 g/mol. The molecule has 1 aromatic heterocycles. The number of nitrogens with one attached hydrogen (secondary N) is 1. The van der Waals surface area contributed by atoms with Crippen molar-refractivity contribution in [3.8, 4) is 11.5 Å². The zero-order chi connectivity index (χ0) is 16.8. The predicted octanol–water partition coefficient (Wildman–Crippen LogP) is 3.66. The highest BCUT2D eigenvalue weighted by atomic mass is 19.1. The Bertz CT molecular complexity index is 804. The number of benzene rings is 2. The molecule has 0 unspecified atom stereocenters. The Hall–Kier alpha value is -2.89. The molecule has 0 radical (unpaired) electrons. The molecule has 1 N–H and O–H groups in total. The molecule has 0 fully saturated rings. The van der Waals surface area contributed by atoms with E-state index in [0.717, 1.165) is 17.9 Å². The van der Waals surface area contributed by atoms with E-state index in [0.29, 0.717) is 29.9 Å². The van der Waals surface area contributed by atoms with E-state index in [9.17, 15) is 4.39 Å². The summed E-state index contributed by atoms with van der Waals surface area (Å²) in [5.74, 6) is 1.75. The summed E-state index contributed by atoms with van der Waals surface area (Å²) in [7, 11) is 1.63. The van der Waals surface area contributed by atoms with Gasteiger partial charge in [0.1, 0.15) is 29.5 Å². The van der Waals surface area contributed by atoms with Crippen molar-refractivity contribution >= 4 is 16.7 Å². The Labute approximate surface area is 139 Å². The topological polar surface area (TPSA) is 56.3 Å². The van der Waals surface area contributed by atoms with Crippen LogP contribution in [0.2, 0.25) is 0 Å². The van der Waals surface area contributed by atoms with Gasteiger partial charge in [0.25, 0.3) is 0 Å². The highest BCUT2D eigenvalue weighted by Crippen LogP contribution is 2.22. The number of methoxy groups -OCH3 is 1. The molecular weight excluding hydrogens is 309 g/mol. The molecule has 3 rings (SSSR count). The maximum atomic E-state index is 14.0. The van der Waals surface area contributed by atoms with Gasteiger partial charge < -0.3 is 14.8 Å². The standard InChI is InChI=1S/C18H18FN3O2/c1-23-13-6-8-14(9-7-13)24-11-3-10-20-18-17-15(19)4-2-5-16(17)21-12-22-18/h2,4-9,12H,3,10-11H2,1H3,(H,20,21,22). The van der Waals surface area contributed by atoms with Crippen LogP contribution in [0.1, 0.15) is 6.42 Å². The van der Waals surface area contributed by atoms with Crippen molar-refractivity contribution in [2.45, 2.75) is 6.42 Å². The van der Waals surface area contributed by atoms with Gasteiger partial charge in [-0.25, -0.2) is 14.4 Å². The van der Waals surface area contributed by atoms with Gasteiger partial charge in [-0.1, -0.05) is 6.07 Å². The van der Waals surface area contributed by atoms with Crippen LogP contribution >= 0.6 is 0 Å². The van der Waals surface area contributed by atoms with Crippen molar-refractivity contribution in [1.29, 1.82) is 0 Å². The first kappa shape index (κ1) is 16.0. The highest BCUT2D eigenvalue weighted by Gasteiger charge is 2.07. The van der Waals surface area contributed by atoms with Crippen LogP contribution in [-0.4, -0.2) is 30.2 Å². The highest BCUT2D eigenvalue weighted by molar-refractivity contribution is 5.89. The maximum Gasteiger partial charge on any atom is 0.140 e. The minimum absolute atomic E-state index is 0.329. The van der Waals surface area contributed by atoms with Crippen LogP contribution in [0.15, 0.2) is 48.8 Å². The fraction of sp³-hybridized carbons (Fsp3) is 0.222. The van der Waals surface area contributed by atoms with Crippen LogP contribution in [0.25, 0.3) is 10.9 Å². The fourth-order valence-corrected chi connectivity index (χ4v) is 2.34. The zero-order valence-electron chi connectivity index (χ0n) is 13.3. The van der Waals surface area contributed by atoms with Gasteiger partial charge in [-0.15, -0.1) is 0 Å². The predicted molar refractivity (Wildman–Crippen MR) is 91.1 cm³/mol. The summed E-state index contributed by atoms with van der Waals surface area (Å²) in [4.78, 5) is 8.20. The molecule has 0 aliphatic carbocycles. The molecule has 0 aliphatic rings. The van der Waals surface area contributed by atoms with Crippen LogP contribution in [-0.2, 0) is 0 Å². The van der Waals surface area contributed by atoms with Crippen molar-refractivity contribution in [3.63, 3.8) is 0 Å². The van der Waals surface area contributed by atoms with E-state index in [4.69, 9.17) is 9.47 Å². The number of rotatable bonds is 7. The molecule has 0 spiro atoms. The second-order valence-electron chi connectivity index (χ2n) is 5.16. The van der Waals surface area contributed by atoms with Gasteiger partial charge in [0.2, 0.25) is 0 Å². The molecule has 3 aromatic rings. The van der Waals surface area contributed by atoms with E-state index < -0.39 is 0 Å². The molecule has 124 valence electrons. The second-order valence-corrected chi connectivity index (χ2v) is 5.16. The number of halogens is 1. The summed E-state index contributed by atoms with van der Waals surface area (Å²) in [5, 5.41) is 3.55. The van der Waals surface area contributed by atoms with E-state index in [-0.39, 0.29) is 5.82 Å². The largest absolute Gasteiger partial charge is 0.497 e. The third-order valence-electron chi connectivity index (χ3n) is 3.55. The number of anilines is 1. The SMILES string of the molecule is COc1ccc(OCCCNc2ncnc3cccc(F)c23)cc1. The van der Waals surface area contributed by atoms with Crippen molar-refractivity contribution in [2.24, 2.45) is 0 Å². The van der Waals surface area contributed by atoms with E-state index in [2.05, 4.69) is 15.3 Å². The third kappa shape index (κ3) is 3.71. The van der Waals surface area contributed by atoms with Crippen molar-refractivity contribution < 1.29 is 13.9 Å². The smallest absolute Gasteiger partial charge is 0.140 e. The number of nitrogens with zero attached hydrogens (tertiary/aromatic N) is 2. The molecule has 6 heteroatoms. The van der Waals surface area contributed by atoms with E-state index in [1.807, 2.05) is 24.3 Å². The van der Waals surface area contributed by atoms with Crippen molar-refractivity contribution in [3.05, 3.63) is 54.6 Å². The van der Waals surface area contributed by atoms with Gasteiger partial charge in [0.05, 0.1) is 24.6 Å². The van der Waals surface area contributed by atoms with Crippen molar-refractivity contribution in [2.75, 3.05) is 25.6 Å². The van der Waals surface area contributed by atoms with Crippen LogP contribution in [0.3, 0.4) is 0 Å². The summed E-state index contributed by atoms with van der Waals surface area (Å²) in [6.07, 6.45) is 2.18. The molecule has 0 bridgehead atoms. The molecule has 2 aromatic carbocycles. The Morgan fingerprint density at radius 2 is 1.83 bits per heavy atom. The van der Waals surface area contributed by atoms with E-state index in [1.54, 1.807) is 19.2 Å². The third-order valence-corrected chi connectivity index (χ3v) is 3.55. The van der Waals surface area contributed by atoms with Crippen LogP contribution in [0.4, 0.5) is 10.2 Å². The Morgan fingerprint density at radius 3 is 2.62 bits per heavy atom. The van der Waals surface area contributed by atoms with Gasteiger partial charge in [-0.05, 0) is 42.8 Å². The number of hydrogen-bond acceptors (Lipinski definition) is 5. The van der Waals surface area contributed by atoms with Crippen LogP contribution in [0.5, 0.6) is 11.5 Å². The first-order valence-electron chi connectivity index (χ1n) is 7.68. The Balaban J connectivity index is 1.52. The van der Waals surface area contributed by atoms with E-state index >= 15 is 0 Å². The first-order valence-corrected chi connectivity index (χ1v) is 7.68. The number of ether oxygens (including phenoxy) is 2. The lowest BCUT2D eigenvalue weighted by molar-refractivity contribution is 0.314. The summed E-state index contributed by atoms with van der Waals surface area (Å²) in [6.45, 7) is 1.17. The summed E-state index contributed by atoms with van der Waals surface area (Å²) < 4.78 is 24.7. The zero-order valence-corrected chi connectivity index (χ0v) is 13.3. The Kier molecular flexibility index (Phi) is 5.05. The van der Waals surface area contributed by atoms with Gasteiger partial charge >= 0.3 is 0 Å². The molecule has 1 heterocycles. The molecule has 5 nitrogen and oxygen atoms in total. The number of aromatic nitrogens is 2. The lowest BCUT2D eigenvalue weighted by atomic mass is 10.2. The van der Waals surface area contributed by atoms with E-state index in [1.165, 1.54) is 12.4 Å². The summed E-state index contributed by atoms with van der Waals surface area (Å²) >= 11 is 0. The van der Waals surface area contributed by atoms with Crippen LogP contribution in [0, 0.1) is 5.82 Å². The maximum absolute atomic E-state index is 14.0. The quantitative estimate of drug-likeness (QED) is 0.671. The minimum atomic E-state index is -0.329. The Morgan fingerprint density at radius 1 is 1.04 bits per heavy atom. The molecular formula is C18H18FN3O2. The molecule has 0 amide bonds. The average Bonchev–Trinajstić information content (AvgIpc) is 2.62. The molecule has 0 aliphatic heterocycles. The van der Waals surface area contributed by atoms with Crippen LogP contribution < -0.4 is 14.8 Å². The second kappa shape index (κ2) is 7.59. The molecule has 0 saturated carbocycles. The monoisotopic (exact) mass is 327 g/mol. The molecule has 0 saturated heterocycles. The lowest BCUT2D eigenvalue weighted by Crippen LogP contribution is -2.09. The van der Waals surface area contributed by atoms with Gasteiger partial charge in [0.15, 0.2) is 0 Å². The van der Waals surface area contributed by atoms with Crippen molar-refractivity contribution in [1.82, 2.24) is 9.97 Å². The molecule has 0 atom stereocenters. The van der Waals surface area contributed by atoms with Gasteiger partial charge in [-0.3, -0.25) is 0 Å². The molecule has 24 heavy (non-hydrogen) atoms. The van der Waals surface area contributed by atoms with Gasteiger partial charge in [0, 0.05) is 6.54 Å². The lowest BCUT2D eigenvalue weighted by Gasteiger charge is -2.10. The summed E-state index contributed by atoms with van der Waals surface area (Å²) in [6, 6.07) is 12.2. The normalized spacial score (nSPS) is 10.6. The minimum Gasteiger partial charge on any atom is -0.497 e. The first-order chi connectivity index (χ1) is 11.8. The number of fused-ring (bicyclic) bond motifs is 1. The van der Waals surface area contributed by atoms with Gasteiger partial charge in [-0.2, -0.15) is 0 Å². The number of hydrogen-bond donors (Lipinski definition) is 1. The fourth-order valence-electron chi connectivity index (χ4n) is 2.34.